The Morgan fingerprint density at radius 2 is 1.97 bits per heavy atom. The monoisotopic (exact) mass is 465 g/mol. The van der Waals surface area contributed by atoms with Crippen molar-refractivity contribution in [2.75, 3.05) is 6.54 Å². The first-order chi connectivity index (χ1) is 16.2. The molecule has 0 radical (unpaired) electrons. The number of aliphatic hydroxyl groups is 1. The summed E-state index contributed by atoms with van der Waals surface area (Å²) in [7, 11) is 1.89. The van der Waals surface area contributed by atoms with Gasteiger partial charge in [0.1, 0.15) is 17.7 Å². The summed E-state index contributed by atoms with van der Waals surface area (Å²) in [4.78, 5) is 28.0. The number of likely N-dealkylation sites (tertiary alicyclic amines) is 1. The van der Waals surface area contributed by atoms with Crippen molar-refractivity contribution in [2.45, 2.75) is 51.8 Å². The van der Waals surface area contributed by atoms with Gasteiger partial charge >= 0.3 is 0 Å². The van der Waals surface area contributed by atoms with E-state index in [9.17, 15) is 14.7 Å². The zero-order chi connectivity index (χ0) is 24.4. The van der Waals surface area contributed by atoms with E-state index in [0.717, 1.165) is 16.8 Å². The quantitative estimate of drug-likeness (QED) is 0.554. The van der Waals surface area contributed by atoms with E-state index in [4.69, 9.17) is 4.52 Å². The summed E-state index contributed by atoms with van der Waals surface area (Å²) in [6, 6.07) is 10.8. The molecule has 3 atom stereocenters. The molecule has 2 N–H and O–H groups in total. The number of rotatable bonds is 7. The Morgan fingerprint density at radius 3 is 2.56 bits per heavy atom. The summed E-state index contributed by atoms with van der Waals surface area (Å²) in [5.74, 6) is -0.660. The topological polar surface area (TPSA) is 113 Å². The lowest BCUT2D eigenvalue weighted by Gasteiger charge is -2.28. The molecule has 0 aliphatic carbocycles. The molecule has 9 heteroatoms. The predicted molar refractivity (Wildman–Crippen MR) is 125 cm³/mol. The Hall–Kier alpha value is -3.46. The fourth-order valence-electron chi connectivity index (χ4n) is 4.51. The number of hydrogen-bond acceptors (Lipinski definition) is 6. The SMILES string of the molecule is Cc1cc([C@H](C(=O)N2C[C@H](O)C[C@H]2C(=O)NCc2ccc(-c3ccnn3C)cc2)C(C)C)on1. The van der Waals surface area contributed by atoms with E-state index in [1.54, 1.807) is 23.9 Å². The summed E-state index contributed by atoms with van der Waals surface area (Å²) in [6.07, 6.45) is 1.21. The molecular weight excluding hydrogens is 434 g/mol. The maximum absolute atomic E-state index is 13.4. The van der Waals surface area contributed by atoms with Gasteiger partial charge in [-0.15, -0.1) is 0 Å². The third-order valence-corrected chi connectivity index (χ3v) is 6.29. The van der Waals surface area contributed by atoms with Crippen LogP contribution in [0.2, 0.25) is 0 Å². The van der Waals surface area contributed by atoms with Gasteiger partial charge in [0.2, 0.25) is 11.8 Å². The second kappa shape index (κ2) is 9.80. The van der Waals surface area contributed by atoms with Gasteiger partial charge in [-0.05, 0) is 30.0 Å². The van der Waals surface area contributed by atoms with E-state index in [1.165, 1.54) is 4.90 Å². The Morgan fingerprint density at radius 1 is 1.24 bits per heavy atom. The average molecular weight is 466 g/mol. The van der Waals surface area contributed by atoms with E-state index >= 15 is 0 Å². The van der Waals surface area contributed by atoms with Gasteiger partial charge in [0, 0.05) is 38.8 Å². The molecule has 3 heterocycles. The second-order valence-corrected chi connectivity index (χ2v) is 9.24. The number of carbonyl (C=O) groups is 2. The van der Waals surface area contributed by atoms with E-state index in [0.29, 0.717) is 18.0 Å². The normalized spacial score (nSPS) is 18.9. The summed E-state index contributed by atoms with van der Waals surface area (Å²) >= 11 is 0. The number of nitrogens with zero attached hydrogens (tertiary/aromatic N) is 4. The van der Waals surface area contributed by atoms with Crippen molar-refractivity contribution in [3.05, 3.63) is 59.6 Å². The first kappa shape index (κ1) is 23.7. The molecule has 34 heavy (non-hydrogen) atoms. The molecule has 2 amide bonds. The largest absolute Gasteiger partial charge is 0.391 e. The van der Waals surface area contributed by atoms with Crippen LogP contribution in [0.1, 0.15) is 43.2 Å². The highest BCUT2D eigenvalue weighted by atomic mass is 16.5. The van der Waals surface area contributed by atoms with E-state index in [2.05, 4.69) is 15.6 Å². The first-order valence-electron chi connectivity index (χ1n) is 11.5. The molecule has 180 valence electrons. The van der Waals surface area contributed by atoms with Crippen molar-refractivity contribution >= 4 is 11.8 Å². The van der Waals surface area contributed by atoms with Gasteiger partial charge in [-0.1, -0.05) is 43.3 Å². The van der Waals surface area contributed by atoms with Crippen LogP contribution in [0.15, 0.2) is 47.1 Å². The van der Waals surface area contributed by atoms with Crippen molar-refractivity contribution in [1.82, 2.24) is 25.2 Å². The number of hydrogen-bond donors (Lipinski definition) is 2. The number of aliphatic hydroxyl groups excluding tert-OH is 1. The summed E-state index contributed by atoms with van der Waals surface area (Å²) < 4.78 is 7.18. The summed E-state index contributed by atoms with van der Waals surface area (Å²) in [5.41, 5.74) is 3.67. The van der Waals surface area contributed by atoms with Crippen LogP contribution in [0.4, 0.5) is 0 Å². The summed E-state index contributed by atoms with van der Waals surface area (Å²) in [5, 5.41) is 21.3. The minimum absolute atomic E-state index is 0.0563. The molecule has 1 aliphatic heterocycles. The lowest BCUT2D eigenvalue weighted by atomic mass is 9.91. The maximum Gasteiger partial charge on any atom is 0.243 e. The van der Waals surface area contributed by atoms with Gasteiger partial charge in [-0.25, -0.2) is 0 Å². The molecule has 4 rings (SSSR count). The second-order valence-electron chi connectivity index (χ2n) is 9.24. The Bertz CT molecular complexity index is 1150. The van der Waals surface area contributed by atoms with Gasteiger partial charge in [-0.3, -0.25) is 14.3 Å². The predicted octanol–water partition coefficient (Wildman–Crippen LogP) is 2.40. The van der Waals surface area contributed by atoms with Crippen LogP contribution in [0.3, 0.4) is 0 Å². The number of aryl methyl sites for hydroxylation is 2. The molecule has 1 saturated heterocycles. The molecule has 0 saturated carbocycles. The van der Waals surface area contributed by atoms with Gasteiger partial charge in [0.05, 0.1) is 17.5 Å². The molecule has 2 aromatic heterocycles. The number of carbonyl (C=O) groups excluding carboxylic acids is 2. The van der Waals surface area contributed by atoms with Gasteiger partial charge in [0.25, 0.3) is 0 Å². The van der Waals surface area contributed by atoms with Crippen molar-refractivity contribution in [1.29, 1.82) is 0 Å². The first-order valence-corrected chi connectivity index (χ1v) is 11.5. The molecule has 1 aliphatic rings. The standard InChI is InChI=1S/C25H31N5O4/c1-15(2)23(22-11-16(3)28-34-22)25(33)30-14-19(31)12-21(30)24(32)26-13-17-5-7-18(8-6-17)20-9-10-27-29(20)4/h5-11,15,19,21,23,31H,12-14H2,1-4H3,(H,26,32)/t19-,21+,23-/m1/s1. The lowest BCUT2D eigenvalue weighted by Crippen LogP contribution is -2.48. The molecule has 0 spiro atoms. The van der Waals surface area contributed by atoms with Crippen molar-refractivity contribution in [2.24, 2.45) is 13.0 Å². The smallest absolute Gasteiger partial charge is 0.243 e. The third kappa shape index (κ3) is 4.89. The fourth-order valence-corrected chi connectivity index (χ4v) is 4.51. The van der Waals surface area contributed by atoms with Crippen LogP contribution in [-0.2, 0) is 23.2 Å². The minimum atomic E-state index is -0.748. The fraction of sp³-hybridized carbons (Fsp3) is 0.440. The van der Waals surface area contributed by atoms with Crippen LogP contribution in [0.25, 0.3) is 11.3 Å². The Balaban J connectivity index is 1.43. The molecule has 3 aromatic rings. The van der Waals surface area contributed by atoms with Crippen molar-refractivity contribution in [3.63, 3.8) is 0 Å². The molecule has 0 unspecified atom stereocenters. The number of benzene rings is 1. The number of nitrogens with one attached hydrogen (secondary N) is 1. The van der Waals surface area contributed by atoms with E-state index < -0.39 is 18.1 Å². The van der Waals surface area contributed by atoms with Crippen LogP contribution >= 0.6 is 0 Å². The van der Waals surface area contributed by atoms with E-state index in [1.807, 2.05) is 51.2 Å². The summed E-state index contributed by atoms with van der Waals surface area (Å²) in [6.45, 7) is 6.10. The van der Waals surface area contributed by atoms with E-state index in [-0.39, 0.29) is 30.7 Å². The zero-order valence-corrected chi connectivity index (χ0v) is 19.9. The van der Waals surface area contributed by atoms with Gasteiger partial charge in [0.15, 0.2) is 0 Å². The van der Waals surface area contributed by atoms with Crippen LogP contribution in [0.5, 0.6) is 0 Å². The Kier molecular flexibility index (Phi) is 6.83. The molecule has 1 fully saturated rings. The zero-order valence-electron chi connectivity index (χ0n) is 19.9. The molecule has 9 nitrogen and oxygen atoms in total. The highest BCUT2D eigenvalue weighted by molar-refractivity contribution is 5.91. The number of aromatic nitrogens is 3. The number of amides is 2. The average Bonchev–Trinajstić information content (AvgIpc) is 3.52. The molecule has 1 aromatic carbocycles. The number of β-amino-alcohol motifs (C(OH)–C–C–N with tert-alkyl or cyclic N) is 1. The Labute approximate surface area is 198 Å². The highest BCUT2D eigenvalue weighted by Gasteiger charge is 2.43. The van der Waals surface area contributed by atoms with Crippen LogP contribution in [-0.4, -0.2) is 55.4 Å². The lowest BCUT2D eigenvalue weighted by molar-refractivity contribution is -0.141. The van der Waals surface area contributed by atoms with Gasteiger partial charge in [-0.2, -0.15) is 5.10 Å². The van der Waals surface area contributed by atoms with Crippen LogP contribution in [0, 0.1) is 12.8 Å². The minimum Gasteiger partial charge on any atom is -0.391 e. The molecule has 0 bridgehead atoms. The highest BCUT2D eigenvalue weighted by Crippen LogP contribution is 2.31. The van der Waals surface area contributed by atoms with Crippen LogP contribution < -0.4 is 5.32 Å². The molecular formula is C25H31N5O4. The van der Waals surface area contributed by atoms with Crippen molar-refractivity contribution < 1.29 is 19.2 Å². The van der Waals surface area contributed by atoms with Gasteiger partial charge < -0.3 is 19.8 Å². The maximum atomic E-state index is 13.4. The third-order valence-electron chi connectivity index (χ3n) is 6.29. The van der Waals surface area contributed by atoms with Crippen molar-refractivity contribution in [3.8, 4) is 11.3 Å².